The average molecular weight is 277 g/mol. The summed E-state index contributed by atoms with van der Waals surface area (Å²) in [5.41, 5.74) is 1.74. The number of carboxylic acids is 1. The molecule has 19 heavy (non-hydrogen) atoms. The smallest absolute Gasteiger partial charge is 0.323 e. The van der Waals surface area contributed by atoms with Crippen LogP contribution in [0, 0.1) is 0 Å². The molecule has 2 aromatic rings. The number of rotatable bonds is 4. The van der Waals surface area contributed by atoms with Crippen LogP contribution in [0.25, 0.3) is 16.3 Å². The zero-order valence-corrected chi connectivity index (χ0v) is 10.7. The van der Waals surface area contributed by atoms with Gasteiger partial charge in [-0.25, -0.2) is 9.78 Å². The third kappa shape index (κ3) is 3.29. The van der Waals surface area contributed by atoms with Crippen molar-refractivity contribution in [1.82, 2.24) is 10.3 Å². The van der Waals surface area contributed by atoms with Crippen molar-refractivity contribution in [1.29, 1.82) is 0 Å². The minimum absolute atomic E-state index is 0.416. The highest BCUT2D eigenvalue weighted by Gasteiger charge is 2.08. The summed E-state index contributed by atoms with van der Waals surface area (Å²) in [5, 5.41) is 13.5. The van der Waals surface area contributed by atoms with Gasteiger partial charge in [0.15, 0.2) is 5.13 Å². The van der Waals surface area contributed by atoms with E-state index in [0.29, 0.717) is 5.13 Å². The van der Waals surface area contributed by atoms with E-state index in [4.69, 9.17) is 5.11 Å². The number of anilines is 1. The molecule has 7 heteroatoms. The third-order valence-corrected chi connectivity index (χ3v) is 3.20. The number of nitrogens with zero attached hydrogens (tertiary/aromatic N) is 1. The molecule has 1 aromatic heterocycles. The molecule has 1 heterocycles. The second-order valence-electron chi connectivity index (χ2n) is 3.65. The first-order valence-electron chi connectivity index (χ1n) is 5.38. The Morgan fingerprint density at radius 3 is 2.95 bits per heavy atom. The molecule has 0 aliphatic heterocycles. The van der Waals surface area contributed by atoms with Crippen molar-refractivity contribution in [2.24, 2.45) is 0 Å². The maximum absolute atomic E-state index is 11.4. The molecule has 0 saturated heterocycles. The summed E-state index contributed by atoms with van der Waals surface area (Å²) >= 11 is 1.31. The number of urea groups is 1. The van der Waals surface area contributed by atoms with Gasteiger partial charge in [-0.3, -0.25) is 10.1 Å². The Morgan fingerprint density at radius 2 is 2.26 bits per heavy atom. The molecule has 0 aliphatic rings. The quantitative estimate of drug-likeness (QED) is 0.798. The van der Waals surface area contributed by atoms with Crippen LogP contribution in [-0.2, 0) is 4.79 Å². The molecule has 2 amide bonds. The number of thiazole rings is 1. The van der Waals surface area contributed by atoms with E-state index in [-0.39, 0.29) is 0 Å². The van der Waals surface area contributed by atoms with Crippen LogP contribution in [0.5, 0.6) is 0 Å². The Bertz CT molecular complexity index is 651. The monoisotopic (exact) mass is 277 g/mol. The SMILES string of the molecule is C=Cc1ccc2nc(NC(=O)NCC(=O)O)sc2c1. The van der Waals surface area contributed by atoms with Gasteiger partial charge in [-0.2, -0.15) is 0 Å². The molecule has 0 atom stereocenters. The van der Waals surface area contributed by atoms with Gasteiger partial charge in [0.05, 0.1) is 10.2 Å². The van der Waals surface area contributed by atoms with Crippen LogP contribution in [-0.4, -0.2) is 28.6 Å². The van der Waals surface area contributed by atoms with E-state index in [0.717, 1.165) is 15.8 Å². The van der Waals surface area contributed by atoms with Gasteiger partial charge in [0.1, 0.15) is 6.54 Å². The van der Waals surface area contributed by atoms with Gasteiger partial charge in [-0.15, -0.1) is 0 Å². The van der Waals surface area contributed by atoms with Gasteiger partial charge >= 0.3 is 12.0 Å². The molecule has 0 bridgehead atoms. The maximum Gasteiger partial charge on any atom is 0.323 e. The minimum Gasteiger partial charge on any atom is -0.480 e. The number of fused-ring (bicyclic) bond motifs is 1. The van der Waals surface area contributed by atoms with Crippen molar-refractivity contribution in [3.63, 3.8) is 0 Å². The molecule has 0 radical (unpaired) electrons. The number of amides is 2. The second kappa shape index (κ2) is 5.49. The zero-order chi connectivity index (χ0) is 13.8. The van der Waals surface area contributed by atoms with Crippen molar-refractivity contribution in [2.45, 2.75) is 0 Å². The Labute approximate surface area is 112 Å². The third-order valence-electron chi connectivity index (χ3n) is 2.27. The highest BCUT2D eigenvalue weighted by atomic mass is 32.1. The normalized spacial score (nSPS) is 10.1. The molecular formula is C12H11N3O3S. The number of nitrogens with one attached hydrogen (secondary N) is 2. The van der Waals surface area contributed by atoms with Gasteiger partial charge in [0.25, 0.3) is 0 Å². The summed E-state index contributed by atoms with van der Waals surface area (Å²) in [6, 6.07) is 5.04. The van der Waals surface area contributed by atoms with Crippen molar-refractivity contribution >= 4 is 44.8 Å². The molecule has 2 rings (SSSR count). The number of benzene rings is 1. The van der Waals surface area contributed by atoms with Crippen molar-refractivity contribution in [2.75, 3.05) is 11.9 Å². The summed E-state index contributed by atoms with van der Waals surface area (Å²) in [6.45, 7) is 3.25. The summed E-state index contributed by atoms with van der Waals surface area (Å²) in [4.78, 5) is 25.9. The van der Waals surface area contributed by atoms with E-state index < -0.39 is 18.5 Å². The Hall–Kier alpha value is -2.41. The number of aromatic nitrogens is 1. The number of carboxylic acid groups (broad SMARTS) is 1. The number of carbonyl (C=O) groups is 2. The minimum atomic E-state index is -1.10. The van der Waals surface area contributed by atoms with Crippen LogP contribution in [0.15, 0.2) is 24.8 Å². The number of hydrogen-bond acceptors (Lipinski definition) is 4. The first-order valence-corrected chi connectivity index (χ1v) is 6.20. The fraction of sp³-hybridized carbons (Fsp3) is 0.0833. The van der Waals surface area contributed by atoms with E-state index in [2.05, 4.69) is 22.2 Å². The Kier molecular flexibility index (Phi) is 3.76. The molecule has 0 aliphatic carbocycles. The predicted molar refractivity (Wildman–Crippen MR) is 74.4 cm³/mol. The largest absolute Gasteiger partial charge is 0.480 e. The lowest BCUT2D eigenvalue weighted by Gasteiger charge is -2.01. The van der Waals surface area contributed by atoms with Crippen molar-refractivity contribution < 1.29 is 14.7 Å². The predicted octanol–water partition coefficient (Wildman–Crippen LogP) is 2.15. The van der Waals surface area contributed by atoms with Gasteiger partial charge in [-0.1, -0.05) is 30.1 Å². The molecule has 0 unspecified atom stereocenters. The summed E-state index contributed by atoms with van der Waals surface area (Å²) in [6.07, 6.45) is 1.73. The van der Waals surface area contributed by atoms with Gasteiger partial charge in [0.2, 0.25) is 0 Å². The zero-order valence-electron chi connectivity index (χ0n) is 9.84. The highest BCUT2D eigenvalue weighted by Crippen LogP contribution is 2.26. The fourth-order valence-corrected chi connectivity index (χ4v) is 2.33. The molecule has 1 aromatic carbocycles. The molecule has 6 nitrogen and oxygen atoms in total. The van der Waals surface area contributed by atoms with Crippen molar-refractivity contribution in [3.05, 3.63) is 30.3 Å². The molecule has 3 N–H and O–H groups in total. The molecule has 0 saturated carbocycles. The first kappa shape index (κ1) is 13.0. The van der Waals surface area contributed by atoms with Crippen LogP contribution in [0.4, 0.5) is 9.93 Å². The van der Waals surface area contributed by atoms with Gasteiger partial charge in [-0.05, 0) is 17.7 Å². The summed E-state index contributed by atoms with van der Waals surface area (Å²) in [5.74, 6) is -1.10. The lowest BCUT2D eigenvalue weighted by atomic mass is 10.2. The topological polar surface area (TPSA) is 91.3 Å². The van der Waals surface area contributed by atoms with Crippen LogP contribution in [0.2, 0.25) is 0 Å². The first-order chi connectivity index (χ1) is 9.08. The van der Waals surface area contributed by atoms with E-state index in [9.17, 15) is 9.59 Å². The average Bonchev–Trinajstić information content (AvgIpc) is 2.77. The fourth-order valence-electron chi connectivity index (χ4n) is 1.42. The van der Waals surface area contributed by atoms with E-state index >= 15 is 0 Å². The molecule has 0 spiro atoms. The Balaban J connectivity index is 2.10. The molecule has 0 fully saturated rings. The lowest BCUT2D eigenvalue weighted by Crippen LogP contribution is -2.33. The van der Waals surface area contributed by atoms with E-state index in [1.54, 1.807) is 6.08 Å². The van der Waals surface area contributed by atoms with Crippen molar-refractivity contribution in [3.8, 4) is 0 Å². The summed E-state index contributed by atoms with van der Waals surface area (Å²) in [7, 11) is 0. The standard InChI is InChI=1S/C12H11N3O3S/c1-2-7-3-4-8-9(5-7)19-12(14-8)15-11(18)13-6-10(16)17/h2-5H,1,6H2,(H,16,17)(H2,13,14,15,18). The highest BCUT2D eigenvalue weighted by molar-refractivity contribution is 7.22. The van der Waals surface area contributed by atoms with Crippen LogP contribution >= 0.6 is 11.3 Å². The maximum atomic E-state index is 11.4. The number of hydrogen-bond donors (Lipinski definition) is 3. The van der Waals surface area contributed by atoms with E-state index in [1.807, 2.05) is 18.2 Å². The number of carbonyl (C=O) groups excluding carboxylic acids is 1. The van der Waals surface area contributed by atoms with Gasteiger partial charge < -0.3 is 10.4 Å². The Morgan fingerprint density at radius 1 is 1.47 bits per heavy atom. The van der Waals surface area contributed by atoms with Crippen LogP contribution < -0.4 is 10.6 Å². The van der Waals surface area contributed by atoms with Gasteiger partial charge in [0, 0.05) is 0 Å². The summed E-state index contributed by atoms with van der Waals surface area (Å²) < 4.78 is 0.922. The van der Waals surface area contributed by atoms with Crippen LogP contribution in [0.1, 0.15) is 5.56 Å². The molecule has 98 valence electrons. The molecular weight excluding hydrogens is 266 g/mol. The number of aliphatic carboxylic acids is 1. The second-order valence-corrected chi connectivity index (χ2v) is 4.68. The van der Waals surface area contributed by atoms with Crippen LogP contribution in [0.3, 0.4) is 0 Å². The lowest BCUT2D eigenvalue weighted by molar-refractivity contribution is -0.135. The van der Waals surface area contributed by atoms with E-state index in [1.165, 1.54) is 11.3 Å².